The maximum Gasteiger partial charge on any atom is 0.0799 e. The Morgan fingerprint density at radius 3 is 2.94 bits per heavy atom. The van der Waals surface area contributed by atoms with E-state index in [-0.39, 0.29) is 6.10 Å². The smallest absolute Gasteiger partial charge is 0.0799 e. The zero-order valence-electron chi connectivity index (χ0n) is 9.79. The van der Waals surface area contributed by atoms with Crippen molar-refractivity contribution in [2.24, 2.45) is 0 Å². The van der Waals surface area contributed by atoms with Gasteiger partial charge < -0.3 is 5.11 Å². The van der Waals surface area contributed by atoms with Gasteiger partial charge in [0.05, 0.1) is 6.10 Å². The summed E-state index contributed by atoms with van der Waals surface area (Å²) < 4.78 is 0. The zero-order chi connectivity index (χ0) is 11.4. The number of hydrogen-bond acceptors (Lipinski definition) is 1. The van der Waals surface area contributed by atoms with Crippen LogP contribution in [0.4, 0.5) is 0 Å². The second kappa shape index (κ2) is 5.18. The van der Waals surface area contributed by atoms with E-state index in [9.17, 15) is 5.11 Å². The van der Waals surface area contributed by atoms with Crippen molar-refractivity contribution < 1.29 is 5.11 Å². The van der Waals surface area contributed by atoms with Gasteiger partial charge in [-0.25, -0.2) is 0 Å². The molecular weight excluding hydrogens is 196 g/mol. The average Bonchev–Trinajstić information content (AvgIpc) is 2.76. The topological polar surface area (TPSA) is 20.2 Å². The minimum Gasteiger partial charge on any atom is -0.388 e. The van der Waals surface area contributed by atoms with E-state index in [1.165, 1.54) is 30.4 Å². The molecule has 1 aliphatic rings. The standard InChI is InChI=1S/C15H18O/c1-2-3-4-8-15(16)14-10-9-12-6-5-7-13(12)11-14/h9-11,15-16H,4-8H2,1H3. The van der Waals surface area contributed by atoms with Crippen molar-refractivity contribution in [1.82, 2.24) is 0 Å². The Bertz CT molecular complexity index is 423. The lowest BCUT2D eigenvalue weighted by atomic mass is 10.0. The average molecular weight is 214 g/mol. The fourth-order valence-corrected chi connectivity index (χ4v) is 2.30. The number of benzene rings is 1. The number of rotatable bonds is 3. The van der Waals surface area contributed by atoms with Gasteiger partial charge in [-0.15, -0.1) is 11.8 Å². The van der Waals surface area contributed by atoms with Gasteiger partial charge in [0.25, 0.3) is 0 Å². The highest BCUT2D eigenvalue weighted by molar-refractivity contribution is 5.36. The van der Waals surface area contributed by atoms with E-state index >= 15 is 0 Å². The number of fused-ring (bicyclic) bond motifs is 1. The van der Waals surface area contributed by atoms with Gasteiger partial charge in [0.1, 0.15) is 0 Å². The first-order valence-corrected chi connectivity index (χ1v) is 6.00. The van der Waals surface area contributed by atoms with E-state index < -0.39 is 0 Å². The first-order chi connectivity index (χ1) is 7.81. The highest BCUT2D eigenvalue weighted by atomic mass is 16.3. The Morgan fingerprint density at radius 2 is 2.12 bits per heavy atom. The summed E-state index contributed by atoms with van der Waals surface area (Å²) >= 11 is 0. The van der Waals surface area contributed by atoms with Crippen molar-refractivity contribution in [3.05, 3.63) is 34.9 Å². The first kappa shape index (κ1) is 11.2. The summed E-state index contributed by atoms with van der Waals surface area (Å²) in [4.78, 5) is 0. The molecule has 0 amide bonds. The molecule has 1 heteroatoms. The molecule has 1 unspecified atom stereocenters. The number of aliphatic hydroxyl groups excluding tert-OH is 1. The lowest BCUT2D eigenvalue weighted by Gasteiger charge is -2.11. The predicted octanol–water partition coefficient (Wildman–Crippen LogP) is 3.01. The molecule has 1 aromatic rings. The highest BCUT2D eigenvalue weighted by Crippen LogP contribution is 2.26. The van der Waals surface area contributed by atoms with Crippen molar-refractivity contribution in [3.63, 3.8) is 0 Å². The van der Waals surface area contributed by atoms with Crippen molar-refractivity contribution in [2.45, 2.75) is 45.1 Å². The molecule has 0 radical (unpaired) electrons. The van der Waals surface area contributed by atoms with Crippen LogP contribution in [0.3, 0.4) is 0 Å². The lowest BCUT2D eigenvalue weighted by molar-refractivity contribution is 0.169. The summed E-state index contributed by atoms with van der Waals surface area (Å²) in [5, 5.41) is 10.0. The Labute approximate surface area is 97.5 Å². The third kappa shape index (κ3) is 2.46. The van der Waals surface area contributed by atoms with Crippen molar-refractivity contribution >= 4 is 0 Å². The van der Waals surface area contributed by atoms with Crippen LogP contribution in [0.5, 0.6) is 0 Å². The molecule has 0 saturated carbocycles. The summed E-state index contributed by atoms with van der Waals surface area (Å²) in [6, 6.07) is 6.41. The normalized spacial score (nSPS) is 15.1. The molecule has 0 aliphatic heterocycles. The molecule has 0 bridgehead atoms. The minimum absolute atomic E-state index is 0.355. The van der Waals surface area contributed by atoms with Gasteiger partial charge >= 0.3 is 0 Å². The van der Waals surface area contributed by atoms with Gasteiger partial charge in [0, 0.05) is 6.42 Å². The summed E-state index contributed by atoms with van der Waals surface area (Å²) in [6.07, 6.45) is 4.79. The predicted molar refractivity (Wildman–Crippen MR) is 66.1 cm³/mol. The SMILES string of the molecule is CC#CCCC(O)c1ccc2c(c1)CCC2. The maximum absolute atomic E-state index is 10.0. The van der Waals surface area contributed by atoms with E-state index in [4.69, 9.17) is 0 Å². The van der Waals surface area contributed by atoms with Gasteiger partial charge in [0.2, 0.25) is 0 Å². The Balaban J connectivity index is 2.05. The summed E-state index contributed by atoms with van der Waals surface area (Å²) in [5.41, 5.74) is 3.95. The summed E-state index contributed by atoms with van der Waals surface area (Å²) in [6.45, 7) is 1.84. The summed E-state index contributed by atoms with van der Waals surface area (Å²) in [5.74, 6) is 5.85. The van der Waals surface area contributed by atoms with Crippen LogP contribution in [-0.4, -0.2) is 5.11 Å². The molecule has 1 atom stereocenters. The van der Waals surface area contributed by atoms with Crippen LogP contribution in [0.1, 0.15) is 49.0 Å². The fourth-order valence-electron chi connectivity index (χ4n) is 2.30. The van der Waals surface area contributed by atoms with Crippen LogP contribution in [-0.2, 0) is 12.8 Å². The Hall–Kier alpha value is -1.26. The molecule has 0 heterocycles. The second-order valence-electron chi connectivity index (χ2n) is 4.36. The fraction of sp³-hybridized carbons (Fsp3) is 0.467. The molecule has 0 aromatic heterocycles. The van der Waals surface area contributed by atoms with Gasteiger partial charge in [-0.1, -0.05) is 18.2 Å². The lowest BCUT2D eigenvalue weighted by Crippen LogP contribution is -1.98. The summed E-state index contributed by atoms with van der Waals surface area (Å²) in [7, 11) is 0. The van der Waals surface area contributed by atoms with Crippen LogP contribution in [0.15, 0.2) is 18.2 Å². The Morgan fingerprint density at radius 1 is 1.31 bits per heavy atom. The van der Waals surface area contributed by atoms with E-state index in [1.54, 1.807) is 0 Å². The molecule has 0 saturated heterocycles. The molecule has 84 valence electrons. The molecule has 1 aliphatic carbocycles. The van der Waals surface area contributed by atoms with Gasteiger partial charge in [-0.3, -0.25) is 0 Å². The molecule has 1 nitrogen and oxygen atoms in total. The van der Waals surface area contributed by atoms with Crippen molar-refractivity contribution in [2.75, 3.05) is 0 Å². The van der Waals surface area contributed by atoms with Crippen LogP contribution >= 0.6 is 0 Å². The van der Waals surface area contributed by atoms with Gasteiger partial charge in [0.15, 0.2) is 0 Å². The van der Waals surface area contributed by atoms with Crippen LogP contribution in [0, 0.1) is 11.8 Å². The quantitative estimate of drug-likeness (QED) is 0.767. The molecule has 16 heavy (non-hydrogen) atoms. The highest BCUT2D eigenvalue weighted by Gasteiger charge is 2.13. The third-order valence-electron chi connectivity index (χ3n) is 3.23. The van der Waals surface area contributed by atoms with E-state index in [0.29, 0.717) is 0 Å². The van der Waals surface area contributed by atoms with Crippen molar-refractivity contribution in [3.8, 4) is 11.8 Å². The molecule has 0 fully saturated rings. The van der Waals surface area contributed by atoms with Crippen LogP contribution in [0.25, 0.3) is 0 Å². The monoisotopic (exact) mass is 214 g/mol. The van der Waals surface area contributed by atoms with Crippen LogP contribution in [0.2, 0.25) is 0 Å². The van der Waals surface area contributed by atoms with E-state index in [0.717, 1.165) is 18.4 Å². The third-order valence-corrected chi connectivity index (χ3v) is 3.23. The number of aryl methyl sites for hydroxylation is 2. The number of aliphatic hydroxyl groups is 1. The van der Waals surface area contributed by atoms with Crippen molar-refractivity contribution in [1.29, 1.82) is 0 Å². The maximum atomic E-state index is 10.0. The van der Waals surface area contributed by atoms with Gasteiger partial charge in [-0.2, -0.15) is 0 Å². The molecule has 0 spiro atoms. The van der Waals surface area contributed by atoms with Gasteiger partial charge in [-0.05, 0) is 49.3 Å². The van der Waals surface area contributed by atoms with Crippen LogP contribution < -0.4 is 0 Å². The largest absolute Gasteiger partial charge is 0.388 e. The Kier molecular flexibility index (Phi) is 3.64. The van der Waals surface area contributed by atoms with E-state index in [2.05, 4.69) is 30.0 Å². The zero-order valence-corrected chi connectivity index (χ0v) is 9.79. The van der Waals surface area contributed by atoms with E-state index in [1.807, 2.05) is 6.92 Å². The second-order valence-corrected chi connectivity index (χ2v) is 4.36. The molecule has 1 aromatic carbocycles. The molecule has 2 rings (SSSR count). The molecule has 1 N–H and O–H groups in total. The first-order valence-electron chi connectivity index (χ1n) is 6.00. The molecular formula is C15H18O. The number of hydrogen-bond donors (Lipinski definition) is 1. The minimum atomic E-state index is -0.355.